The van der Waals surface area contributed by atoms with Crippen molar-refractivity contribution in [2.24, 2.45) is 0 Å². The zero-order valence-corrected chi connectivity index (χ0v) is 15.9. The molecule has 7 heteroatoms. The van der Waals surface area contributed by atoms with Gasteiger partial charge in [0.15, 0.2) is 0 Å². The Labute approximate surface area is 156 Å². The summed E-state index contributed by atoms with van der Waals surface area (Å²) in [5.41, 5.74) is 0.488. The van der Waals surface area contributed by atoms with Crippen LogP contribution in [0.25, 0.3) is 10.8 Å². The molecule has 136 valence electrons. The van der Waals surface area contributed by atoms with Crippen LogP contribution < -0.4 is 10.9 Å². The molecule has 0 saturated heterocycles. The zero-order chi connectivity index (χ0) is 18.7. The van der Waals surface area contributed by atoms with E-state index in [-0.39, 0.29) is 24.1 Å². The number of thiophene rings is 1. The van der Waals surface area contributed by atoms with E-state index < -0.39 is 0 Å². The average molecular weight is 370 g/mol. The lowest BCUT2D eigenvalue weighted by Gasteiger charge is -2.23. The van der Waals surface area contributed by atoms with E-state index in [1.807, 2.05) is 50.7 Å². The SMILES string of the molecule is Cc1nn(CC(=O)NC[C@@H](c2cccs2)N(C)C)c(=O)c2ccccc12. The van der Waals surface area contributed by atoms with E-state index in [1.54, 1.807) is 17.4 Å². The molecule has 1 atom stereocenters. The molecule has 0 aliphatic rings. The number of hydrogen-bond acceptors (Lipinski definition) is 5. The van der Waals surface area contributed by atoms with Gasteiger partial charge in [-0.15, -0.1) is 11.3 Å². The first-order chi connectivity index (χ1) is 12.5. The third-order valence-corrected chi connectivity index (χ3v) is 5.31. The number of carbonyl (C=O) groups is 1. The van der Waals surface area contributed by atoms with Crippen LogP contribution in [0.5, 0.6) is 0 Å². The van der Waals surface area contributed by atoms with Gasteiger partial charge in [0.05, 0.1) is 17.1 Å². The number of carbonyl (C=O) groups excluding carboxylic acids is 1. The van der Waals surface area contributed by atoms with Crippen LogP contribution in [0.1, 0.15) is 16.6 Å². The summed E-state index contributed by atoms with van der Waals surface area (Å²) in [6, 6.07) is 11.5. The molecule has 26 heavy (non-hydrogen) atoms. The van der Waals surface area contributed by atoms with Gasteiger partial charge in [-0.3, -0.25) is 9.59 Å². The number of aryl methyl sites for hydroxylation is 1. The van der Waals surface area contributed by atoms with E-state index >= 15 is 0 Å². The molecule has 0 aliphatic heterocycles. The molecule has 0 fully saturated rings. The Bertz CT molecular complexity index is 963. The number of fused-ring (bicyclic) bond motifs is 1. The average Bonchev–Trinajstić information content (AvgIpc) is 3.13. The van der Waals surface area contributed by atoms with E-state index in [0.717, 1.165) is 11.1 Å². The molecule has 2 heterocycles. The predicted molar refractivity (Wildman–Crippen MR) is 104 cm³/mol. The van der Waals surface area contributed by atoms with Gasteiger partial charge in [0.2, 0.25) is 5.91 Å². The summed E-state index contributed by atoms with van der Waals surface area (Å²) in [5, 5.41) is 10.6. The highest BCUT2D eigenvalue weighted by molar-refractivity contribution is 7.10. The molecule has 0 radical (unpaired) electrons. The van der Waals surface area contributed by atoms with Gasteiger partial charge in [0.1, 0.15) is 6.54 Å². The van der Waals surface area contributed by atoms with Crippen molar-refractivity contribution >= 4 is 28.0 Å². The van der Waals surface area contributed by atoms with Crippen LogP contribution >= 0.6 is 11.3 Å². The van der Waals surface area contributed by atoms with Crippen molar-refractivity contribution in [1.82, 2.24) is 20.0 Å². The van der Waals surface area contributed by atoms with Crippen molar-refractivity contribution < 1.29 is 4.79 Å². The highest BCUT2D eigenvalue weighted by atomic mass is 32.1. The molecule has 2 aromatic heterocycles. The third-order valence-electron chi connectivity index (χ3n) is 4.33. The minimum absolute atomic E-state index is 0.0882. The van der Waals surface area contributed by atoms with Crippen molar-refractivity contribution in [3.05, 3.63) is 62.7 Å². The highest BCUT2D eigenvalue weighted by Gasteiger charge is 2.17. The first-order valence-electron chi connectivity index (χ1n) is 8.40. The normalized spacial score (nSPS) is 12.5. The lowest BCUT2D eigenvalue weighted by Crippen LogP contribution is -2.38. The molecule has 3 rings (SSSR count). The topological polar surface area (TPSA) is 67.2 Å². The number of nitrogens with zero attached hydrogens (tertiary/aromatic N) is 3. The van der Waals surface area contributed by atoms with E-state index in [4.69, 9.17) is 0 Å². The number of amides is 1. The Morgan fingerprint density at radius 1 is 1.23 bits per heavy atom. The number of likely N-dealkylation sites (N-methyl/N-ethyl adjacent to an activating group) is 1. The van der Waals surface area contributed by atoms with Gasteiger partial charge < -0.3 is 10.2 Å². The first kappa shape index (κ1) is 18.3. The van der Waals surface area contributed by atoms with Gasteiger partial charge in [-0.05, 0) is 38.5 Å². The largest absolute Gasteiger partial charge is 0.353 e. The van der Waals surface area contributed by atoms with E-state index in [2.05, 4.69) is 21.4 Å². The number of hydrogen-bond donors (Lipinski definition) is 1. The number of rotatable bonds is 6. The van der Waals surface area contributed by atoms with Crippen LogP contribution in [0.15, 0.2) is 46.6 Å². The van der Waals surface area contributed by atoms with Gasteiger partial charge >= 0.3 is 0 Å². The lowest BCUT2D eigenvalue weighted by molar-refractivity contribution is -0.122. The van der Waals surface area contributed by atoms with Crippen molar-refractivity contribution in [2.75, 3.05) is 20.6 Å². The summed E-state index contributed by atoms with van der Waals surface area (Å²) >= 11 is 1.66. The van der Waals surface area contributed by atoms with Gasteiger partial charge in [-0.2, -0.15) is 5.10 Å². The van der Waals surface area contributed by atoms with Crippen molar-refractivity contribution in [3.63, 3.8) is 0 Å². The van der Waals surface area contributed by atoms with Crippen molar-refractivity contribution in [3.8, 4) is 0 Å². The van der Waals surface area contributed by atoms with Crippen molar-refractivity contribution in [2.45, 2.75) is 19.5 Å². The van der Waals surface area contributed by atoms with Crippen LogP contribution in [-0.4, -0.2) is 41.2 Å². The Morgan fingerprint density at radius 3 is 2.62 bits per heavy atom. The quantitative estimate of drug-likeness (QED) is 0.722. The van der Waals surface area contributed by atoms with E-state index in [9.17, 15) is 9.59 Å². The maximum absolute atomic E-state index is 12.6. The second-order valence-corrected chi connectivity index (χ2v) is 7.37. The fraction of sp³-hybridized carbons (Fsp3) is 0.316. The van der Waals surface area contributed by atoms with Crippen LogP contribution in [0.4, 0.5) is 0 Å². The fourth-order valence-corrected chi connectivity index (χ4v) is 3.86. The molecule has 3 aromatic rings. The monoisotopic (exact) mass is 370 g/mol. The van der Waals surface area contributed by atoms with E-state index in [0.29, 0.717) is 11.9 Å². The van der Waals surface area contributed by atoms with Crippen LogP contribution in [0.3, 0.4) is 0 Å². The molecular weight excluding hydrogens is 348 g/mol. The number of benzene rings is 1. The first-order valence-corrected chi connectivity index (χ1v) is 9.28. The molecular formula is C19H22N4O2S. The molecule has 1 aromatic carbocycles. The molecule has 1 N–H and O–H groups in total. The standard InChI is InChI=1S/C19H22N4O2S/c1-13-14-7-4-5-8-15(14)19(25)23(21-13)12-18(24)20-11-16(22(2)3)17-9-6-10-26-17/h4-10,16H,11-12H2,1-3H3,(H,20,24)/t16-/m0/s1. The predicted octanol–water partition coefficient (Wildman–Crippen LogP) is 2.19. The van der Waals surface area contributed by atoms with Gasteiger partial charge in [-0.1, -0.05) is 24.3 Å². The minimum Gasteiger partial charge on any atom is -0.353 e. The smallest absolute Gasteiger partial charge is 0.275 e. The van der Waals surface area contributed by atoms with E-state index in [1.165, 1.54) is 9.56 Å². The van der Waals surface area contributed by atoms with Crippen LogP contribution in [0, 0.1) is 6.92 Å². The molecule has 0 saturated carbocycles. The van der Waals surface area contributed by atoms with Gasteiger partial charge in [0.25, 0.3) is 5.56 Å². The third kappa shape index (κ3) is 3.84. The minimum atomic E-state index is -0.247. The summed E-state index contributed by atoms with van der Waals surface area (Å²) in [5.74, 6) is -0.224. The summed E-state index contributed by atoms with van der Waals surface area (Å²) in [4.78, 5) is 28.2. The second kappa shape index (κ2) is 7.80. The second-order valence-electron chi connectivity index (χ2n) is 6.39. The molecule has 0 aliphatic carbocycles. The molecule has 6 nitrogen and oxygen atoms in total. The number of aromatic nitrogens is 2. The summed E-state index contributed by atoms with van der Waals surface area (Å²) in [6.45, 7) is 2.23. The zero-order valence-electron chi connectivity index (χ0n) is 15.1. The molecule has 0 unspecified atom stereocenters. The summed E-state index contributed by atoms with van der Waals surface area (Å²) in [7, 11) is 3.96. The number of nitrogens with one attached hydrogen (secondary N) is 1. The fourth-order valence-electron chi connectivity index (χ4n) is 2.93. The Morgan fingerprint density at radius 2 is 1.96 bits per heavy atom. The lowest BCUT2D eigenvalue weighted by atomic mass is 10.1. The Balaban J connectivity index is 1.73. The molecule has 1 amide bonds. The Kier molecular flexibility index (Phi) is 5.49. The maximum atomic E-state index is 12.6. The molecule has 0 spiro atoms. The maximum Gasteiger partial charge on any atom is 0.275 e. The summed E-state index contributed by atoms with van der Waals surface area (Å²) < 4.78 is 1.24. The summed E-state index contributed by atoms with van der Waals surface area (Å²) in [6.07, 6.45) is 0. The van der Waals surface area contributed by atoms with Crippen molar-refractivity contribution in [1.29, 1.82) is 0 Å². The van der Waals surface area contributed by atoms with Crippen LogP contribution in [-0.2, 0) is 11.3 Å². The highest BCUT2D eigenvalue weighted by Crippen LogP contribution is 2.22. The Hall–Kier alpha value is -2.51. The van der Waals surface area contributed by atoms with Gasteiger partial charge in [-0.25, -0.2) is 4.68 Å². The molecule has 0 bridgehead atoms. The van der Waals surface area contributed by atoms with Gasteiger partial charge in [0, 0.05) is 16.8 Å². The van der Waals surface area contributed by atoms with Crippen LogP contribution in [0.2, 0.25) is 0 Å².